The number of nitrogens with two attached hydrogens (primary N) is 1. The van der Waals surface area contributed by atoms with Crippen molar-refractivity contribution in [2.45, 2.75) is 45.1 Å². The summed E-state index contributed by atoms with van der Waals surface area (Å²) in [6.45, 7) is 7.96. The third-order valence-electron chi connectivity index (χ3n) is 3.52. The number of nitrogens with one attached hydrogen (secondary N) is 1. The second-order valence-corrected chi connectivity index (χ2v) is 5.77. The average Bonchev–Trinajstić information content (AvgIpc) is 2.58. The first kappa shape index (κ1) is 13.2. The number of anilines is 2. The predicted octanol–water partition coefficient (Wildman–Crippen LogP) is 2.11. The summed E-state index contributed by atoms with van der Waals surface area (Å²) in [5.74, 6) is 1.24. The number of rotatable bonds is 3. The predicted molar refractivity (Wildman–Crippen MR) is 73.8 cm³/mol. The Kier molecular flexibility index (Phi) is 3.52. The number of nitrogen functional groups attached to an aromatic ring is 1. The summed E-state index contributed by atoms with van der Waals surface area (Å²) in [6.07, 6.45) is 2.17. The average molecular weight is 252 g/mol. The number of hydrogen-bond acceptors (Lipinski definition) is 4. The van der Waals surface area contributed by atoms with Gasteiger partial charge in [-0.2, -0.15) is 5.10 Å². The summed E-state index contributed by atoms with van der Waals surface area (Å²) in [6, 6.07) is 0. The minimum absolute atomic E-state index is 0.0472. The molecule has 5 heteroatoms. The fourth-order valence-corrected chi connectivity index (χ4v) is 2.45. The minimum atomic E-state index is -0.0472. The summed E-state index contributed by atoms with van der Waals surface area (Å²) in [5, 5.41) is 8.01. The lowest BCUT2D eigenvalue weighted by molar-refractivity contribution is 0.0538. The zero-order chi connectivity index (χ0) is 13.3. The second kappa shape index (κ2) is 4.80. The number of nitrogens with zero attached hydrogens (tertiary/aromatic N) is 2. The van der Waals surface area contributed by atoms with Crippen LogP contribution in [0.5, 0.6) is 0 Å². The third-order valence-corrected chi connectivity index (χ3v) is 3.52. The Labute approximate surface area is 109 Å². The van der Waals surface area contributed by atoms with Crippen LogP contribution in [0.15, 0.2) is 0 Å². The van der Waals surface area contributed by atoms with E-state index in [4.69, 9.17) is 10.5 Å². The van der Waals surface area contributed by atoms with Gasteiger partial charge in [0.2, 0.25) is 0 Å². The molecule has 1 aliphatic rings. The van der Waals surface area contributed by atoms with Crippen LogP contribution in [0.4, 0.5) is 11.5 Å². The maximum Gasteiger partial charge on any atom is 0.148 e. The van der Waals surface area contributed by atoms with Crippen LogP contribution in [0.25, 0.3) is 0 Å². The molecular weight excluding hydrogens is 228 g/mol. The van der Waals surface area contributed by atoms with Gasteiger partial charge in [0.05, 0.1) is 23.5 Å². The van der Waals surface area contributed by atoms with Crippen LogP contribution in [0, 0.1) is 0 Å². The molecule has 2 rings (SSSR count). The van der Waals surface area contributed by atoms with Crippen molar-refractivity contribution in [2.24, 2.45) is 7.05 Å². The summed E-state index contributed by atoms with van der Waals surface area (Å²) < 4.78 is 7.40. The molecule has 1 aromatic rings. The highest BCUT2D eigenvalue weighted by Crippen LogP contribution is 2.31. The first-order chi connectivity index (χ1) is 8.43. The molecule has 0 aliphatic carbocycles. The number of aromatic nitrogens is 2. The van der Waals surface area contributed by atoms with Gasteiger partial charge in [-0.3, -0.25) is 4.68 Å². The van der Waals surface area contributed by atoms with Crippen molar-refractivity contribution in [3.63, 3.8) is 0 Å². The maximum atomic E-state index is 6.19. The number of ether oxygens (including phenoxy) is 1. The number of hydrogen-bond donors (Lipinski definition) is 2. The fraction of sp³-hybridized carbons (Fsp3) is 0.769. The lowest BCUT2D eigenvalue weighted by Gasteiger charge is -2.35. The van der Waals surface area contributed by atoms with E-state index in [1.54, 1.807) is 0 Å². The van der Waals surface area contributed by atoms with Crippen LogP contribution in [0.2, 0.25) is 0 Å². The Morgan fingerprint density at radius 3 is 2.72 bits per heavy atom. The van der Waals surface area contributed by atoms with Crippen molar-refractivity contribution in [3.8, 4) is 0 Å². The molecule has 0 saturated carbocycles. The normalized spacial score (nSPS) is 24.5. The molecule has 0 amide bonds. The first-order valence-electron chi connectivity index (χ1n) is 6.61. The van der Waals surface area contributed by atoms with Crippen molar-refractivity contribution in [2.75, 3.05) is 24.3 Å². The highest BCUT2D eigenvalue weighted by atomic mass is 16.5. The molecular formula is C13H24N4O. The van der Waals surface area contributed by atoms with Crippen LogP contribution in [-0.2, 0) is 11.8 Å². The Hall–Kier alpha value is -1.23. The molecule has 1 atom stereocenters. The molecule has 0 radical (unpaired) electrons. The molecule has 1 saturated heterocycles. The van der Waals surface area contributed by atoms with Gasteiger partial charge in [-0.25, -0.2) is 0 Å². The largest absolute Gasteiger partial charge is 0.394 e. The van der Waals surface area contributed by atoms with Crippen molar-refractivity contribution in [1.82, 2.24) is 9.78 Å². The van der Waals surface area contributed by atoms with E-state index < -0.39 is 0 Å². The van der Waals surface area contributed by atoms with Crippen LogP contribution < -0.4 is 11.1 Å². The number of aryl methyl sites for hydroxylation is 1. The zero-order valence-corrected chi connectivity index (χ0v) is 11.8. The fourth-order valence-electron chi connectivity index (χ4n) is 2.45. The summed E-state index contributed by atoms with van der Waals surface area (Å²) in [5.41, 5.74) is 7.87. The van der Waals surface area contributed by atoms with Crippen LogP contribution in [-0.4, -0.2) is 28.5 Å². The van der Waals surface area contributed by atoms with E-state index in [9.17, 15) is 0 Å². The molecule has 0 bridgehead atoms. The van der Waals surface area contributed by atoms with Gasteiger partial charge in [-0.15, -0.1) is 0 Å². The van der Waals surface area contributed by atoms with Crippen LogP contribution >= 0.6 is 0 Å². The van der Waals surface area contributed by atoms with Gasteiger partial charge in [-0.1, -0.05) is 13.8 Å². The van der Waals surface area contributed by atoms with E-state index in [0.29, 0.717) is 12.5 Å². The van der Waals surface area contributed by atoms with Crippen LogP contribution in [0.1, 0.15) is 45.2 Å². The molecule has 2 heterocycles. The third kappa shape index (κ3) is 2.46. The lowest BCUT2D eigenvalue weighted by atomic mass is 9.95. The van der Waals surface area contributed by atoms with Crippen molar-refractivity contribution >= 4 is 11.5 Å². The molecule has 3 N–H and O–H groups in total. The van der Waals surface area contributed by atoms with Crippen molar-refractivity contribution in [1.29, 1.82) is 0 Å². The monoisotopic (exact) mass is 252 g/mol. The Balaban J connectivity index is 2.23. The molecule has 1 unspecified atom stereocenters. The summed E-state index contributed by atoms with van der Waals surface area (Å²) >= 11 is 0. The van der Waals surface area contributed by atoms with Gasteiger partial charge >= 0.3 is 0 Å². The molecule has 5 nitrogen and oxygen atoms in total. The maximum absolute atomic E-state index is 6.19. The van der Waals surface area contributed by atoms with Crippen LogP contribution in [0.3, 0.4) is 0 Å². The molecule has 1 aliphatic heterocycles. The SMILES string of the molecule is CC(C)c1nn(C)c(NC2(C)CCCOC2)c1N. The van der Waals surface area contributed by atoms with Gasteiger partial charge in [0.1, 0.15) is 5.82 Å². The van der Waals surface area contributed by atoms with E-state index in [0.717, 1.165) is 36.6 Å². The molecule has 1 fully saturated rings. The molecule has 0 aromatic carbocycles. The molecule has 102 valence electrons. The van der Waals surface area contributed by atoms with E-state index in [1.165, 1.54) is 0 Å². The molecule has 0 spiro atoms. The Morgan fingerprint density at radius 1 is 1.50 bits per heavy atom. The first-order valence-corrected chi connectivity index (χ1v) is 6.61. The lowest BCUT2D eigenvalue weighted by Crippen LogP contribution is -2.43. The summed E-state index contributed by atoms with van der Waals surface area (Å²) in [4.78, 5) is 0. The van der Waals surface area contributed by atoms with E-state index in [-0.39, 0.29) is 5.54 Å². The van der Waals surface area contributed by atoms with Crippen molar-refractivity contribution < 1.29 is 4.74 Å². The minimum Gasteiger partial charge on any atom is -0.394 e. The van der Waals surface area contributed by atoms with Gasteiger partial charge in [-0.05, 0) is 25.7 Å². The van der Waals surface area contributed by atoms with E-state index in [2.05, 4.69) is 31.2 Å². The van der Waals surface area contributed by atoms with Crippen molar-refractivity contribution in [3.05, 3.63) is 5.69 Å². The Bertz CT molecular complexity index is 419. The van der Waals surface area contributed by atoms with Gasteiger partial charge in [0.25, 0.3) is 0 Å². The smallest absolute Gasteiger partial charge is 0.148 e. The standard InChI is InChI=1S/C13H24N4O/c1-9(2)11-10(14)12(17(4)16-11)15-13(3)6-5-7-18-8-13/h9,15H,5-8,14H2,1-4H3. The van der Waals surface area contributed by atoms with Gasteiger partial charge in [0.15, 0.2) is 0 Å². The molecule has 1 aromatic heterocycles. The van der Waals surface area contributed by atoms with Gasteiger partial charge < -0.3 is 15.8 Å². The second-order valence-electron chi connectivity index (χ2n) is 5.77. The Morgan fingerprint density at radius 2 is 2.22 bits per heavy atom. The van der Waals surface area contributed by atoms with Gasteiger partial charge in [0, 0.05) is 13.7 Å². The zero-order valence-electron chi connectivity index (χ0n) is 11.8. The molecule has 18 heavy (non-hydrogen) atoms. The van der Waals surface area contributed by atoms with E-state index in [1.807, 2.05) is 11.7 Å². The van der Waals surface area contributed by atoms with E-state index >= 15 is 0 Å². The quantitative estimate of drug-likeness (QED) is 0.864. The highest BCUT2D eigenvalue weighted by Gasteiger charge is 2.30. The topological polar surface area (TPSA) is 65.1 Å². The summed E-state index contributed by atoms with van der Waals surface area (Å²) in [7, 11) is 1.93. The highest BCUT2D eigenvalue weighted by molar-refractivity contribution is 5.66.